The number of hydrogen-bond acceptors (Lipinski definition) is 6. The molecule has 0 fully saturated rings. The van der Waals surface area contributed by atoms with Gasteiger partial charge in [0.1, 0.15) is 5.82 Å². The average Bonchev–Trinajstić information content (AvgIpc) is 2.62. The Balaban J connectivity index is 2.16. The number of aromatic hydroxyl groups is 1. The number of phenols is 1. The highest BCUT2D eigenvalue weighted by Gasteiger charge is 2.12. The van der Waals surface area contributed by atoms with E-state index < -0.39 is 11.7 Å². The Morgan fingerprint density at radius 1 is 1.28 bits per heavy atom. The van der Waals surface area contributed by atoms with Gasteiger partial charge < -0.3 is 14.6 Å². The topological polar surface area (TPSA) is 104 Å². The van der Waals surface area contributed by atoms with E-state index in [1.165, 1.54) is 44.7 Å². The third-order valence-electron chi connectivity index (χ3n) is 3.22. The number of halogens is 1. The van der Waals surface area contributed by atoms with Crippen molar-refractivity contribution in [1.29, 1.82) is 5.26 Å². The van der Waals surface area contributed by atoms with Crippen LogP contribution in [0.3, 0.4) is 0 Å². The van der Waals surface area contributed by atoms with Crippen molar-refractivity contribution in [1.82, 2.24) is 5.43 Å². The molecule has 1 amide bonds. The normalized spacial score (nSPS) is 10.3. The van der Waals surface area contributed by atoms with Gasteiger partial charge in [0.25, 0.3) is 5.91 Å². The summed E-state index contributed by atoms with van der Waals surface area (Å²) in [6.45, 7) is 0. The number of nitriles is 1. The third-order valence-corrected chi connectivity index (χ3v) is 3.22. The molecule has 0 bridgehead atoms. The van der Waals surface area contributed by atoms with Gasteiger partial charge in [-0.15, -0.1) is 0 Å². The molecule has 0 unspecified atom stereocenters. The standard InChI is InChI=1S/C17H14FN3O4/c1-24-14-6-11(7-15(25-2)16(14)22)9-20-21-17(23)12-4-3-10(8-19)5-13(12)18/h3-7,9,22H,1-2H3,(H,21,23)/b20-9+. The van der Waals surface area contributed by atoms with Gasteiger partial charge in [-0.25, -0.2) is 9.82 Å². The highest BCUT2D eigenvalue weighted by Crippen LogP contribution is 2.36. The first-order valence-electron chi connectivity index (χ1n) is 6.98. The van der Waals surface area contributed by atoms with Crippen LogP contribution in [0.5, 0.6) is 17.2 Å². The summed E-state index contributed by atoms with van der Waals surface area (Å²) < 4.78 is 23.8. The lowest BCUT2D eigenvalue weighted by molar-refractivity contribution is 0.0951. The first kappa shape index (κ1) is 17.7. The van der Waals surface area contributed by atoms with Crippen LogP contribution in [0, 0.1) is 17.1 Å². The number of benzene rings is 2. The first-order chi connectivity index (χ1) is 12.0. The Bertz CT molecular complexity index is 850. The van der Waals surface area contributed by atoms with Crippen molar-refractivity contribution in [2.45, 2.75) is 0 Å². The summed E-state index contributed by atoms with van der Waals surface area (Å²) in [5.41, 5.74) is 2.53. The highest BCUT2D eigenvalue weighted by atomic mass is 19.1. The first-order valence-corrected chi connectivity index (χ1v) is 6.98. The molecule has 0 heterocycles. The summed E-state index contributed by atoms with van der Waals surface area (Å²) in [7, 11) is 2.76. The van der Waals surface area contributed by atoms with Crippen LogP contribution >= 0.6 is 0 Å². The molecule has 0 aromatic heterocycles. The van der Waals surface area contributed by atoms with Crippen LogP contribution in [-0.2, 0) is 0 Å². The van der Waals surface area contributed by atoms with Crippen molar-refractivity contribution >= 4 is 12.1 Å². The molecule has 2 aromatic rings. The van der Waals surface area contributed by atoms with Gasteiger partial charge in [-0.1, -0.05) is 0 Å². The number of carbonyl (C=O) groups is 1. The second-order valence-electron chi connectivity index (χ2n) is 4.78. The summed E-state index contributed by atoms with van der Waals surface area (Å²) in [6.07, 6.45) is 1.28. The molecule has 0 atom stereocenters. The molecule has 25 heavy (non-hydrogen) atoms. The van der Waals surface area contributed by atoms with E-state index in [0.29, 0.717) is 5.56 Å². The molecule has 2 N–H and O–H groups in total. The minimum absolute atomic E-state index is 0.112. The molecule has 0 aliphatic carbocycles. The Morgan fingerprint density at radius 3 is 2.44 bits per heavy atom. The molecule has 2 rings (SSSR count). The maximum absolute atomic E-state index is 13.8. The van der Waals surface area contributed by atoms with Gasteiger partial charge in [0.05, 0.1) is 37.6 Å². The summed E-state index contributed by atoms with van der Waals surface area (Å²) in [6, 6.07) is 8.24. The minimum atomic E-state index is -0.820. The summed E-state index contributed by atoms with van der Waals surface area (Å²) in [5, 5.41) is 22.2. The van der Waals surface area contributed by atoms with Crippen molar-refractivity contribution < 1.29 is 23.8 Å². The fourth-order valence-corrected chi connectivity index (χ4v) is 1.98. The number of nitrogens with one attached hydrogen (secondary N) is 1. The highest BCUT2D eigenvalue weighted by molar-refractivity contribution is 5.95. The second kappa shape index (κ2) is 7.79. The third kappa shape index (κ3) is 4.03. The molecule has 8 heteroatoms. The van der Waals surface area contributed by atoms with Gasteiger partial charge >= 0.3 is 0 Å². The van der Waals surface area contributed by atoms with E-state index in [9.17, 15) is 14.3 Å². The van der Waals surface area contributed by atoms with Crippen LogP contribution in [0.4, 0.5) is 4.39 Å². The van der Waals surface area contributed by atoms with Crippen LogP contribution < -0.4 is 14.9 Å². The van der Waals surface area contributed by atoms with E-state index in [2.05, 4.69) is 10.5 Å². The van der Waals surface area contributed by atoms with Gasteiger partial charge in [0.15, 0.2) is 11.5 Å². The smallest absolute Gasteiger partial charge is 0.274 e. The Hall–Kier alpha value is -3.60. The van der Waals surface area contributed by atoms with Crippen LogP contribution in [0.2, 0.25) is 0 Å². The predicted molar refractivity (Wildman–Crippen MR) is 87.4 cm³/mol. The number of phenolic OH excluding ortho intramolecular Hbond substituents is 1. The fraction of sp³-hybridized carbons (Fsp3) is 0.118. The number of methoxy groups -OCH3 is 2. The zero-order valence-corrected chi connectivity index (χ0v) is 13.4. The molecule has 0 saturated heterocycles. The quantitative estimate of drug-likeness (QED) is 0.640. The van der Waals surface area contributed by atoms with Gasteiger partial charge in [-0.05, 0) is 30.3 Å². The Morgan fingerprint density at radius 2 is 1.92 bits per heavy atom. The van der Waals surface area contributed by atoms with Gasteiger partial charge in [-0.3, -0.25) is 4.79 Å². The lowest BCUT2D eigenvalue weighted by Gasteiger charge is -2.09. The molecule has 0 radical (unpaired) electrons. The number of nitrogens with zero attached hydrogens (tertiary/aromatic N) is 2. The number of carbonyl (C=O) groups excluding carboxylic acids is 1. The molecule has 0 saturated carbocycles. The monoisotopic (exact) mass is 343 g/mol. The SMILES string of the molecule is COc1cc(/C=N/NC(=O)c2ccc(C#N)cc2F)cc(OC)c1O. The van der Waals surface area contributed by atoms with E-state index in [-0.39, 0.29) is 28.4 Å². The zero-order valence-electron chi connectivity index (χ0n) is 13.4. The largest absolute Gasteiger partial charge is 0.502 e. The maximum atomic E-state index is 13.8. The van der Waals surface area contributed by atoms with Crippen molar-refractivity contribution in [3.8, 4) is 23.3 Å². The van der Waals surface area contributed by atoms with E-state index >= 15 is 0 Å². The van der Waals surface area contributed by atoms with Gasteiger partial charge in [0, 0.05) is 5.56 Å². The number of amides is 1. The van der Waals surface area contributed by atoms with Crippen molar-refractivity contribution in [3.05, 3.63) is 52.8 Å². The van der Waals surface area contributed by atoms with Crippen molar-refractivity contribution in [3.63, 3.8) is 0 Å². The number of hydrogen-bond donors (Lipinski definition) is 2. The van der Waals surface area contributed by atoms with Gasteiger partial charge in [-0.2, -0.15) is 10.4 Å². The predicted octanol–water partition coefficient (Wildman–Crippen LogP) is 2.18. The number of ether oxygens (including phenoxy) is 2. The summed E-state index contributed by atoms with van der Waals surface area (Å²) >= 11 is 0. The van der Waals surface area contributed by atoms with Crippen LogP contribution in [0.1, 0.15) is 21.5 Å². The molecule has 128 valence electrons. The molecule has 0 spiro atoms. The van der Waals surface area contributed by atoms with E-state index in [0.717, 1.165) is 6.07 Å². The van der Waals surface area contributed by atoms with E-state index in [4.69, 9.17) is 14.7 Å². The second-order valence-corrected chi connectivity index (χ2v) is 4.78. The molecule has 7 nitrogen and oxygen atoms in total. The lowest BCUT2D eigenvalue weighted by atomic mass is 10.1. The Kier molecular flexibility index (Phi) is 5.53. The van der Waals surface area contributed by atoms with E-state index in [1.807, 2.05) is 0 Å². The summed E-state index contributed by atoms with van der Waals surface area (Å²) in [5.74, 6) is -1.41. The number of rotatable bonds is 5. The molecular weight excluding hydrogens is 329 g/mol. The van der Waals surface area contributed by atoms with Crippen LogP contribution in [0.15, 0.2) is 35.4 Å². The maximum Gasteiger partial charge on any atom is 0.274 e. The molecule has 0 aliphatic heterocycles. The van der Waals surface area contributed by atoms with E-state index in [1.54, 1.807) is 6.07 Å². The van der Waals surface area contributed by atoms with Crippen LogP contribution in [-0.4, -0.2) is 31.4 Å². The molecule has 2 aromatic carbocycles. The molecular formula is C17H14FN3O4. The van der Waals surface area contributed by atoms with Crippen LogP contribution in [0.25, 0.3) is 0 Å². The fourth-order valence-electron chi connectivity index (χ4n) is 1.98. The summed E-state index contributed by atoms with van der Waals surface area (Å²) in [4.78, 5) is 11.9. The van der Waals surface area contributed by atoms with Crippen molar-refractivity contribution in [2.75, 3.05) is 14.2 Å². The average molecular weight is 343 g/mol. The number of hydrazone groups is 1. The van der Waals surface area contributed by atoms with Gasteiger partial charge in [0.2, 0.25) is 5.75 Å². The minimum Gasteiger partial charge on any atom is -0.502 e. The Labute approximate surface area is 142 Å². The zero-order chi connectivity index (χ0) is 18.4. The molecule has 0 aliphatic rings. The van der Waals surface area contributed by atoms with Crippen molar-refractivity contribution in [2.24, 2.45) is 5.10 Å². The lowest BCUT2D eigenvalue weighted by Crippen LogP contribution is -2.19.